The number of carboxylic acid groups (broad SMARTS) is 1. The molecular formula is C29H45NO10. The van der Waals surface area contributed by atoms with Gasteiger partial charge in [0.2, 0.25) is 0 Å². The van der Waals surface area contributed by atoms with Gasteiger partial charge in [-0.1, -0.05) is 54.5 Å². The minimum absolute atomic E-state index is 0.0130. The van der Waals surface area contributed by atoms with E-state index >= 15 is 0 Å². The first-order chi connectivity index (χ1) is 18.6. The topological polar surface area (TPSA) is 161 Å². The second-order valence-corrected chi connectivity index (χ2v) is 10.9. The number of rotatable bonds is 14. The number of nitrogens with two attached hydrogens (primary N) is 1. The van der Waals surface area contributed by atoms with Crippen LogP contribution >= 0.6 is 0 Å². The number of hydrogen-bond donors (Lipinski definition) is 2. The Bertz CT molecular complexity index is 1010. The highest BCUT2D eigenvalue weighted by molar-refractivity contribution is 5.75. The molecule has 0 bridgehead atoms. The number of carbonyl (C=O) groups excluding carboxylic acids is 3. The third-order valence-electron chi connectivity index (χ3n) is 6.97. The lowest BCUT2D eigenvalue weighted by molar-refractivity contribution is -0.149. The summed E-state index contributed by atoms with van der Waals surface area (Å²) in [6, 6.07) is 2.83. The number of benzene rings is 1. The predicted octanol–water partition coefficient (Wildman–Crippen LogP) is 5.53. The van der Waals surface area contributed by atoms with E-state index in [0.717, 1.165) is 0 Å². The number of ether oxygens (including phenoxy) is 5. The molecule has 11 heteroatoms. The van der Waals surface area contributed by atoms with Crippen molar-refractivity contribution in [3.05, 3.63) is 23.8 Å². The van der Waals surface area contributed by atoms with Crippen molar-refractivity contribution >= 4 is 24.2 Å². The van der Waals surface area contributed by atoms with Gasteiger partial charge >= 0.3 is 24.2 Å². The molecule has 0 saturated heterocycles. The molecule has 0 aromatic heterocycles. The molecule has 0 amide bonds. The van der Waals surface area contributed by atoms with E-state index < -0.39 is 54.3 Å². The van der Waals surface area contributed by atoms with Crippen LogP contribution in [0.1, 0.15) is 80.2 Å². The first kappa shape index (κ1) is 34.7. The van der Waals surface area contributed by atoms with E-state index in [0.29, 0.717) is 12.0 Å². The molecule has 11 nitrogen and oxygen atoms in total. The monoisotopic (exact) mass is 567 g/mol. The molecule has 0 aliphatic carbocycles. The maximum atomic E-state index is 12.6. The SMILES string of the molecule is CCC(C)C(=O)OCC(C)C(c1ccc(OC(=O)OC(C)C(C)C)c(OC(=O)OC(C)C(C)C)c1)[C@H](N)C(=O)O. The number of aliphatic carboxylic acids is 1. The van der Waals surface area contributed by atoms with Gasteiger partial charge in [0.05, 0.1) is 12.5 Å². The quantitative estimate of drug-likeness (QED) is 0.165. The summed E-state index contributed by atoms with van der Waals surface area (Å²) in [6.45, 7) is 16.1. The zero-order valence-electron chi connectivity index (χ0n) is 25.0. The predicted molar refractivity (Wildman–Crippen MR) is 147 cm³/mol. The van der Waals surface area contributed by atoms with Gasteiger partial charge in [-0.25, -0.2) is 9.59 Å². The van der Waals surface area contributed by atoms with Crippen molar-refractivity contribution in [2.24, 2.45) is 29.4 Å². The maximum absolute atomic E-state index is 12.6. The fraction of sp³-hybridized carbons (Fsp3) is 0.655. The van der Waals surface area contributed by atoms with Crippen LogP contribution < -0.4 is 15.2 Å². The summed E-state index contributed by atoms with van der Waals surface area (Å²) >= 11 is 0. The summed E-state index contributed by atoms with van der Waals surface area (Å²) in [4.78, 5) is 49.1. The standard InChI is InChI=1S/C29H45NO10/c1-10-17(6)27(33)36-14-18(7)24(25(30)26(31)32)21-11-12-22(39-28(34)37-19(8)15(2)3)23(13-21)40-29(35)38-20(9)16(4)5/h11-13,15-20,24-25H,10,14,30H2,1-9H3,(H,31,32)/t17?,18?,19?,20?,24?,25-/m0/s1. The smallest absolute Gasteiger partial charge is 0.480 e. The molecule has 0 radical (unpaired) electrons. The summed E-state index contributed by atoms with van der Waals surface area (Å²) < 4.78 is 26.7. The Labute approximate surface area is 236 Å². The molecule has 5 unspecified atom stereocenters. The highest BCUT2D eigenvalue weighted by Gasteiger charge is 2.33. The number of esters is 1. The minimum Gasteiger partial charge on any atom is -0.480 e. The van der Waals surface area contributed by atoms with E-state index in [1.54, 1.807) is 27.7 Å². The fourth-order valence-corrected chi connectivity index (χ4v) is 3.37. The van der Waals surface area contributed by atoms with Gasteiger partial charge in [-0.15, -0.1) is 0 Å². The van der Waals surface area contributed by atoms with Crippen molar-refractivity contribution in [3.63, 3.8) is 0 Å². The van der Waals surface area contributed by atoms with E-state index in [4.69, 9.17) is 29.4 Å². The van der Waals surface area contributed by atoms with Crippen molar-refractivity contribution in [2.45, 2.75) is 92.9 Å². The summed E-state index contributed by atoms with van der Waals surface area (Å²) in [6.07, 6.45) is -2.36. The fourth-order valence-electron chi connectivity index (χ4n) is 3.37. The van der Waals surface area contributed by atoms with Crippen LogP contribution in [0.5, 0.6) is 11.5 Å². The molecule has 1 aromatic rings. The average molecular weight is 568 g/mol. The molecule has 0 heterocycles. The first-order valence-corrected chi connectivity index (χ1v) is 13.6. The van der Waals surface area contributed by atoms with Crippen LogP contribution in [0.2, 0.25) is 0 Å². The van der Waals surface area contributed by atoms with Gasteiger partial charge in [-0.05, 0) is 55.7 Å². The van der Waals surface area contributed by atoms with Crippen LogP contribution in [0.25, 0.3) is 0 Å². The lowest BCUT2D eigenvalue weighted by atomic mass is 9.82. The molecule has 0 saturated carbocycles. The van der Waals surface area contributed by atoms with Gasteiger partial charge in [0.15, 0.2) is 11.5 Å². The second kappa shape index (κ2) is 16.1. The Hall–Kier alpha value is -3.34. The van der Waals surface area contributed by atoms with E-state index in [-0.39, 0.29) is 35.9 Å². The first-order valence-electron chi connectivity index (χ1n) is 13.6. The van der Waals surface area contributed by atoms with Crippen molar-refractivity contribution in [2.75, 3.05) is 6.61 Å². The molecule has 6 atom stereocenters. The number of hydrogen-bond acceptors (Lipinski definition) is 10. The van der Waals surface area contributed by atoms with Crippen molar-refractivity contribution in [1.82, 2.24) is 0 Å². The zero-order valence-corrected chi connectivity index (χ0v) is 25.0. The van der Waals surface area contributed by atoms with E-state index in [9.17, 15) is 24.3 Å². The number of carbonyl (C=O) groups is 4. The van der Waals surface area contributed by atoms with Crippen molar-refractivity contribution < 1.29 is 48.0 Å². The molecular weight excluding hydrogens is 522 g/mol. The molecule has 0 aliphatic heterocycles. The summed E-state index contributed by atoms with van der Waals surface area (Å²) in [5.74, 6) is -3.68. The normalized spacial score (nSPS) is 15.8. The van der Waals surface area contributed by atoms with Gasteiger partial charge in [-0.2, -0.15) is 0 Å². The van der Waals surface area contributed by atoms with Gasteiger partial charge in [-0.3, -0.25) is 9.59 Å². The van der Waals surface area contributed by atoms with Gasteiger partial charge in [0.1, 0.15) is 18.2 Å². The summed E-state index contributed by atoms with van der Waals surface area (Å²) in [7, 11) is 0. The van der Waals surface area contributed by atoms with Gasteiger partial charge < -0.3 is 34.5 Å². The van der Waals surface area contributed by atoms with Crippen LogP contribution in [0.4, 0.5) is 9.59 Å². The molecule has 0 fully saturated rings. The van der Waals surface area contributed by atoms with E-state index in [2.05, 4.69) is 0 Å². The van der Waals surface area contributed by atoms with Crippen LogP contribution in [0.15, 0.2) is 18.2 Å². The Morgan fingerprint density at radius 3 is 1.77 bits per heavy atom. The average Bonchev–Trinajstić information content (AvgIpc) is 2.87. The molecule has 1 rings (SSSR count). The van der Waals surface area contributed by atoms with Crippen LogP contribution in [0.3, 0.4) is 0 Å². The van der Waals surface area contributed by atoms with Crippen molar-refractivity contribution in [1.29, 1.82) is 0 Å². The van der Waals surface area contributed by atoms with Gasteiger partial charge in [0, 0.05) is 5.92 Å². The maximum Gasteiger partial charge on any atom is 0.514 e. The lowest BCUT2D eigenvalue weighted by Gasteiger charge is -2.28. The van der Waals surface area contributed by atoms with Gasteiger partial charge in [0.25, 0.3) is 0 Å². The highest BCUT2D eigenvalue weighted by Crippen LogP contribution is 2.36. The van der Waals surface area contributed by atoms with E-state index in [1.165, 1.54) is 18.2 Å². The minimum atomic E-state index is -1.39. The van der Waals surface area contributed by atoms with Crippen LogP contribution in [-0.2, 0) is 23.8 Å². The molecule has 1 aromatic carbocycles. The third kappa shape index (κ3) is 10.7. The molecule has 40 heavy (non-hydrogen) atoms. The lowest BCUT2D eigenvalue weighted by Crippen LogP contribution is -2.40. The van der Waals surface area contributed by atoms with Crippen LogP contribution in [0, 0.1) is 23.7 Å². The Kier molecular flexibility index (Phi) is 13.9. The number of carboxylic acids is 1. The highest BCUT2D eigenvalue weighted by atomic mass is 16.7. The zero-order chi connectivity index (χ0) is 30.7. The molecule has 0 spiro atoms. The third-order valence-corrected chi connectivity index (χ3v) is 6.97. The largest absolute Gasteiger partial charge is 0.514 e. The molecule has 226 valence electrons. The second-order valence-electron chi connectivity index (χ2n) is 10.9. The summed E-state index contributed by atoms with van der Waals surface area (Å²) in [5.41, 5.74) is 6.42. The Morgan fingerprint density at radius 1 is 0.825 bits per heavy atom. The molecule has 3 N–H and O–H groups in total. The van der Waals surface area contributed by atoms with Crippen molar-refractivity contribution in [3.8, 4) is 11.5 Å². The van der Waals surface area contributed by atoms with E-state index in [1.807, 2.05) is 34.6 Å². The Balaban J connectivity index is 3.41. The van der Waals surface area contributed by atoms with Crippen LogP contribution in [-0.4, -0.2) is 54.2 Å². The summed E-state index contributed by atoms with van der Waals surface area (Å²) in [5, 5.41) is 9.71. The Morgan fingerprint density at radius 2 is 1.32 bits per heavy atom. The molecule has 0 aliphatic rings.